The number of methoxy groups -OCH3 is 1. The lowest BCUT2D eigenvalue weighted by Crippen LogP contribution is -2.10. The molecule has 1 amide bonds. The molecule has 0 saturated heterocycles. The van der Waals surface area contributed by atoms with Gasteiger partial charge >= 0.3 is 0 Å². The quantitative estimate of drug-likeness (QED) is 0.799. The SMILES string of the molecule is COc1ccc(CCSCc2ccc(C(N)=O)cc2)cc1. The zero-order valence-corrected chi connectivity index (χ0v) is 12.9. The van der Waals surface area contributed by atoms with E-state index < -0.39 is 0 Å². The van der Waals surface area contributed by atoms with Crippen LogP contribution in [0.15, 0.2) is 48.5 Å². The Kier molecular flexibility index (Phi) is 5.69. The topological polar surface area (TPSA) is 52.3 Å². The Morgan fingerprint density at radius 3 is 2.24 bits per heavy atom. The number of aryl methyl sites for hydroxylation is 1. The number of nitrogens with two attached hydrogens (primary N) is 1. The summed E-state index contributed by atoms with van der Waals surface area (Å²) in [5.41, 5.74) is 8.30. The number of primary amides is 1. The molecule has 0 aromatic heterocycles. The van der Waals surface area contributed by atoms with Gasteiger partial charge in [0.05, 0.1) is 7.11 Å². The van der Waals surface area contributed by atoms with Crippen molar-refractivity contribution in [3.63, 3.8) is 0 Å². The summed E-state index contributed by atoms with van der Waals surface area (Å²) in [6.45, 7) is 0. The molecular weight excluding hydrogens is 282 g/mol. The fourth-order valence-corrected chi connectivity index (χ4v) is 2.89. The molecule has 0 radical (unpaired) electrons. The van der Waals surface area contributed by atoms with Crippen LogP contribution in [-0.2, 0) is 12.2 Å². The number of thioether (sulfide) groups is 1. The third-order valence-corrected chi connectivity index (χ3v) is 4.23. The first-order valence-electron chi connectivity index (χ1n) is 6.78. The van der Waals surface area contributed by atoms with Crippen molar-refractivity contribution in [3.8, 4) is 5.75 Å². The van der Waals surface area contributed by atoms with Crippen LogP contribution in [0.1, 0.15) is 21.5 Å². The molecule has 0 aliphatic carbocycles. The highest BCUT2D eigenvalue weighted by Crippen LogP contribution is 2.16. The zero-order valence-electron chi connectivity index (χ0n) is 12.0. The Bertz CT molecular complexity index is 579. The maximum absolute atomic E-state index is 11.0. The average molecular weight is 301 g/mol. The number of rotatable bonds is 7. The Balaban J connectivity index is 1.74. The average Bonchev–Trinajstić information content (AvgIpc) is 2.52. The summed E-state index contributed by atoms with van der Waals surface area (Å²) >= 11 is 1.88. The second kappa shape index (κ2) is 7.74. The lowest BCUT2D eigenvalue weighted by atomic mass is 10.1. The van der Waals surface area contributed by atoms with E-state index in [2.05, 4.69) is 12.1 Å². The summed E-state index contributed by atoms with van der Waals surface area (Å²) in [4.78, 5) is 11.0. The maximum Gasteiger partial charge on any atom is 0.248 e. The molecule has 0 spiro atoms. The summed E-state index contributed by atoms with van der Waals surface area (Å²) in [6.07, 6.45) is 1.04. The Morgan fingerprint density at radius 1 is 1.05 bits per heavy atom. The van der Waals surface area contributed by atoms with Crippen LogP contribution < -0.4 is 10.5 Å². The van der Waals surface area contributed by atoms with Gasteiger partial charge in [-0.1, -0.05) is 24.3 Å². The van der Waals surface area contributed by atoms with Crippen LogP contribution in [0.5, 0.6) is 5.75 Å². The van der Waals surface area contributed by atoms with Gasteiger partial charge < -0.3 is 10.5 Å². The normalized spacial score (nSPS) is 10.3. The number of carbonyl (C=O) groups excluding carboxylic acids is 1. The largest absolute Gasteiger partial charge is 0.497 e. The van der Waals surface area contributed by atoms with Crippen LogP contribution in [0, 0.1) is 0 Å². The Labute approximate surface area is 129 Å². The van der Waals surface area contributed by atoms with Crippen molar-refractivity contribution in [1.29, 1.82) is 0 Å². The molecule has 2 N–H and O–H groups in total. The van der Waals surface area contributed by atoms with Crippen LogP contribution in [0.2, 0.25) is 0 Å². The molecule has 2 rings (SSSR count). The Morgan fingerprint density at radius 2 is 1.67 bits per heavy atom. The van der Waals surface area contributed by atoms with Crippen molar-refractivity contribution in [2.75, 3.05) is 12.9 Å². The van der Waals surface area contributed by atoms with Crippen LogP contribution in [0.3, 0.4) is 0 Å². The van der Waals surface area contributed by atoms with Gasteiger partial charge in [-0.05, 0) is 47.6 Å². The minimum atomic E-state index is -0.381. The Hall–Kier alpha value is -1.94. The third-order valence-electron chi connectivity index (χ3n) is 3.20. The van der Waals surface area contributed by atoms with E-state index in [0.717, 1.165) is 23.7 Å². The van der Waals surface area contributed by atoms with Crippen molar-refractivity contribution in [3.05, 3.63) is 65.2 Å². The lowest BCUT2D eigenvalue weighted by molar-refractivity contribution is 0.100. The van der Waals surface area contributed by atoms with Gasteiger partial charge in [0.15, 0.2) is 0 Å². The molecule has 0 unspecified atom stereocenters. The summed E-state index contributed by atoms with van der Waals surface area (Å²) in [7, 11) is 1.67. The summed E-state index contributed by atoms with van der Waals surface area (Å²) in [5.74, 6) is 2.51. The van der Waals surface area contributed by atoms with E-state index in [1.165, 1.54) is 11.1 Å². The van der Waals surface area contributed by atoms with Crippen molar-refractivity contribution in [2.45, 2.75) is 12.2 Å². The summed E-state index contributed by atoms with van der Waals surface area (Å²) < 4.78 is 5.14. The number of ether oxygens (including phenoxy) is 1. The molecule has 110 valence electrons. The standard InChI is InChI=1S/C17H19NO2S/c1-20-16-8-4-13(5-9-16)10-11-21-12-14-2-6-15(7-3-14)17(18)19/h2-9H,10-12H2,1H3,(H2,18,19). The number of hydrogen-bond acceptors (Lipinski definition) is 3. The van der Waals surface area contributed by atoms with Gasteiger partial charge in [0.2, 0.25) is 5.91 Å². The molecular formula is C17H19NO2S. The van der Waals surface area contributed by atoms with Gasteiger partial charge in [-0.3, -0.25) is 4.79 Å². The van der Waals surface area contributed by atoms with Crippen LogP contribution in [0.4, 0.5) is 0 Å². The van der Waals surface area contributed by atoms with Crippen molar-refractivity contribution in [2.24, 2.45) is 5.73 Å². The minimum Gasteiger partial charge on any atom is -0.497 e. The van der Waals surface area contributed by atoms with E-state index in [4.69, 9.17) is 10.5 Å². The third kappa shape index (κ3) is 4.83. The van der Waals surface area contributed by atoms with Gasteiger partial charge in [0.1, 0.15) is 5.75 Å². The van der Waals surface area contributed by atoms with E-state index in [1.807, 2.05) is 36.0 Å². The molecule has 0 aliphatic rings. The predicted octanol–water partition coefficient (Wildman–Crippen LogP) is 3.27. The van der Waals surface area contributed by atoms with Crippen LogP contribution in [-0.4, -0.2) is 18.8 Å². The maximum atomic E-state index is 11.0. The first-order chi connectivity index (χ1) is 10.2. The number of hydrogen-bond donors (Lipinski definition) is 1. The second-order valence-corrected chi connectivity index (χ2v) is 5.82. The first kappa shape index (κ1) is 15.4. The van der Waals surface area contributed by atoms with E-state index in [9.17, 15) is 4.79 Å². The van der Waals surface area contributed by atoms with Crippen LogP contribution >= 0.6 is 11.8 Å². The summed E-state index contributed by atoms with van der Waals surface area (Å²) in [5, 5.41) is 0. The highest BCUT2D eigenvalue weighted by molar-refractivity contribution is 7.98. The van der Waals surface area contributed by atoms with E-state index in [-0.39, 0.29) is 5.91 Å². The number of carbonyl (C=O) groups is 1. The molecule has 2 aromatic rings. The molecule has 0 atom stereocenters. The molecule has 2 aromatic carbocycles. The molecule has 3 nitrogen and oxygen atoms in total. The highest BCUT2D eigenvalue weighted by atomic mass is 32.2. The highest BCUT2D eigenvalue weighted by Gasteiger charge is 2.00. The number of benzene rings is 2. The van der Waals surface area contributed by atoms with E-state index >= 15 is 0 Å². The van der Waals surface area contributed by atoms with E-state index in [0.29, 0.717) is 5.56 Å². The molecule has 0 fully saturated rings. The molecule has 0 aliphatic heterocycles. The monoisotopic (exact) mass is 301 g/mol. The van der Waals surface area contributed by atoms with Crippen LogP contribution in [0.25, 0.3) is 0 Å². The molecule has 0 heterocycles. The summed E-state index contributed by atoms with van der Waals surface area (Å²) in [6, 6.07) is 15.7. The predicted molar refractivity (Wildman–Crippen MR) is 87.8 cm³/mol. The minimum absolute atomic E-state index is 0.381. The van der Waals surface area contributed by atoms with Gasteiger partial charge in [-0.2, -0.15) is 11.8 Å². The molecule has 0 saturated carbocycles. The molecule has 21 heavy (non-hydrogen) atoms. The smallest absolute Gasteiger partial charge is 0.248 e. The van der Waals surface area contributed by atoms with Gasteiger partial charge in [-0.25, -0.2) is 0 Å². The molecule has 4 heteroatoms. The second-order valence-electron chi connectivity index (χ2n) is 4.71. The van der Waals surface area contributed by atoms with Crippen molar-refractivity contribution >= 4 is 17.7 Å². The fraction of sp³-hybridized carbons (Fsp3) is 0.235. The lowest BCUT2D eigenvalue weighted by Gasteiger charge is -2.05. The fourth-order valence-electron chi connectivity index (χ4n) is 1.94. The first-order valence-corrected chi connectivity index (χ1v) is 7.94. The van der Waals surface area contributed by atoms with Gasteiger partial charge in [0, 0.05) is 11.3 Å². The van der Waals surface area contributed by atoms with Crippen molar-refractivity contribution < 1.29 is 9.53 Å². The molecule has 0 bridgehead atoms. The van der Waals surface area contributed by atoms with Gasteiger partial charge in [-0.15, -0.1) is 0 Å². The van der Waals surface area contributed by atoms with Gasteiger partial charge in [0.25, 0.3) is 0 Å². The zero-order chi connectivity index (χ0) is 15.1. The van der Waals surface area contributed by atoms with E-state index in [1.54, 1.807) is 19.2 Å². The van der Waals surface area contributed by atoms with Crippen molar-refractivity contribution in [1.82, 2.24) is 0 Å². The number of amides is 1.